The highest BCUT2D eigenvalue weighted by molar-refractivity contribution is 6.62. The number of fused-ring (bicyclic) bond motifs is 1. The summed E-state index contributed by atoms with van der Waals surface area (Å²) in [6, 6.07) is 5.38. The van der Waals surface area contributed by atoms with E-state index in [9.17, 15) is 9.59 Å². The molecule has 0 unspecified atom stereocenters. The molecule has 0 fully saturated rings. The van der Waals surface area contributed by atoms with Crippen molar-refractivity contribution in [1.29, 1.82) is 0 Å². The lowest BCUT2D eigenvalue weighted by Gasteiger charge is -2.26. The van der Waals surface area contributed by atoms with Crippen LogP contribution in [0.2, 0.25) is 0 Å². The van der Waals surface area contributed by atoms with E-state index >= 15 is 0 Å². The standard InChI is InChI=1S/C11H11ClN2O3/c1-14-8-4-7(5-13-11(12)16)2-3-9(8)17-6-10(14)15/h2-4H,5-6H2,1H3,(H,13,16). The lowest BCUT2D eigenvalue weighted by Crippen LogP contribution is -2.35. The second-order valence-corrected chi connectivity index (χ2v) is 4.01. The van der Waals surface area contributed by atoms with Gasteiger partial charge in [0.2, 0.25) is 0 Å². The maximum absolute atomic E-state index is 11.4. The topological polar surface area (TPSA) is 58.6 Å². The molecule has 5 nitrogen and oxygen atoms in total. The molecule has 1 N–H and O–H groups in total. The van der Waals surface area contributed by atoms with Crippen molar-refractivity contribution in [2.45, 2.75) is 6.54 Å². The minimum Gasteiger partial charge on any atom is -0.482 e. The van der Waals surface area contributed by atoms with Crippen molar-refractivity contribution >= 4 is 28.6 Å². The molecule has 0 spiro atoms. The Morgan fingerprint density at radius 2 is 2.35 bits per heavy atom. The highest BCUT2D eigenvalue weighted by atomic mass is 35.5. The minimum atomic E-state index is -0.608. The molecular formula is C11H11ClN2O3. The first-order valence-corrected chi connectivity index (χ1v) is 5.41. The van der Waals surface area contributed by atoms with E-state index in [1.165, 1.54) is 4.90 Å². The van der Waals surface area contributed by atoms with E-state index in [0.717, 1.165) is 5.56 Å². The van der Waals surface area contributed by atoms with Gasteiger partial charge in [-0.05, 0) is 29.3 Å². The largest absolute Gasteiger partial charge is 0.482 e. The third-order valence-corrected chi connectivity index (χ3v) is 2.68. The van der Waals surface area contributed by atoms with Crippen molar-refractivity contribution in [3.05, 3.63) is 23.8 Å². The summed E-state index contributed by atoms with van der Waals surface area (Å²) in [6.45, 7) is 0.374. The van der Waals surface area contributed by atoms with Gasteiger partial charge in [0.25, 0.3) is 5.91 Å². The summed E-state index contributed by atoms with van der Waals surface area (Å²) in [5.41, 5.74) is 1.55. The fourth-order valence-electron chi connectivity index (χ4n) is 1.60. The maximum Gasteiger partial charge on any atom is 0.314 e. The summed E-state index contributed by atoms with van der Waals surface area (Å²) >= 11 is 5.18. The summed E-state index contributed by atoms with van der Waals surface area (Å²) in [5.74, 6) is 0.559. The Balaban J connectivity index is 2.23. The van der Waals surface area contributed by atoms with E-state index in [2.05, 4.69) is 5.32 Å². The smallest absolute Gasteiger partial charge is 0.314 e. The lowest BCUT2D eigenvalue weighted by atomic mass is 10.1. The van der Waals surface area contributed by atoms with E-state index in [0.29, 0.717) is 18.0 Å². The number of carbonyl (C=O) groups excluding carboxylic acids is 2. The Labute approximate surface area is 103 Å². The minimum absolute atomic E-state index is 0.0568. The first-order valence-electron chi connectivity index (χ1n) is 5.03. The molecule has 0 saturated carbocycles. The van der Waals surface area contributed by atoms with Gasteiger partial charge in [-0.25, -0.2) is 0 Å². The molecule has 0 bridgehead atoms. The number of halogens is 1. The molecule has 2 amide bonds. The molecular weight excluding hydrogens is 244 g/mol. The summed E-state index contributed by atoms with van der Waals surface area (Å²) in [5, 5.41) is 1.87. The lowest BCUT2D eigenvalue weighted by molar-refractivity contribution is -0.120. The summed E-state index contributed by atoms with van der Waals surface area (Å²) in [4.78, 5) is 23.6. The fraction of sp³-hybridized carbons (Fsp3) is 0.273. The van der Waals surface area contributed by atoms with E-state index in [-0.39, 0.29) is 12.5 Å². The molecule has 1 aliphatic heterocycles. The van der Waals surface area contributed by atoms with Gasteiger partial charge < -0.3 is 15.0 Å². The van der Waals surface area contributed by atoms with E-state index in [4.69, 9.17) is 16.3 Å². The van der Waals surface area contributed by atoms with Gasteiger partial charge >= 0.3 is 5.37 Å². The van der Waals surface area contributed by atoms with Crippen LogP contribution in [0.4, 0.5) is 10.5 Å². The molecule has 90 valence electrons. The number of nitrogens with one attached hydrogen (secondary N) is 1. The van der Waals surface area contributed by atoms with Crippen LogP contribution < -0.4 is 15.0 Å². The summed E-state index contributed by atoms with van der Waals surface area (Å²) in [6.07, 6.45) is 0. The van der Waals surface area contributed by atoms with Crippen LogP contribution in [0.15, 0.2) is 18.2 Å². The first-order chi connectivity index (χ1) is 8.08. The van der Waals surface area contributed by atoms with E-state index in [1.54, 1.807) is 19.2 Å². The van der Waals surface area contributed by atoms with Crippen molar-refractivity contribution in [2.75, 3.05) is 18.6 Å². The number of carbonyl (C=O) groups is 2. The highest BCUT2D eigenvalue weighted by Gasteiger charge is 2.22. The number of anilines is 1. The summed E-state index contributed by atoms with van der Waals surface area (Å²) < 4.78 is 5.28. The van der Waals surface area contributed by atoms with E-state index < -0.39 is 5.37 Å². The number of rotatable bonds is 2. The molecule has 1 heterocycles. The second kappa shape index (κ2) is 4.63. The zero-order valence-corrected chi connectivity index (χ0v) is 9.95. The zero-order chi connectivity index (χ0) is 12.4. The zero-order valence-electron chi connectivity index (χ0n) is 9.20. The Bertz CT molecular complexity index is 476. The number of likely N-dealkylation sites (N-methyl/N-ethyl adjacent to an activating group) is 1. The highest BCUT2D eigenvalue weighted by Crippen LogP contribution is 2.31. The van der Waals surface area contributed by atoms with Gasteiger partial charge in [-0.1, -0.05) is 6.07 Å². The molecule has 0 aromatic heterocycles. The molecule has 0 atom stereocenters. The van der Waals surface area contributed by atoms with Crippen LogP contribution in [-0.4, -0.2) is 24.9 Å². The molecule has 0 radical (unpaired) electrons. The van der Waals surface area contributed by atoms with Crippen LogP contribution in [0.5, 0.6) is 5.75 Å². The quantitative estimate of drug-likeness (QED) is 0.643. The van der Waals surface area contributed by atoms with Crippen molar-refractivity contribution in [2.24, 2.45) is 0 Å². The van der Waals surface area contributed by atoms with Crippen LogP contribution in [-0.2, 0) is 11.3 Å². The average Bonchev–Trinajstić information content (AvgIpc) is 2.31. The Morgan fingerprint density at radius 1 is 1.59 bits per heavy atom. The van der Waals surface area contributed by atoms with E-state index in [1.807, 2.05) is 6.07 Å². The van der Waals surface area contributed by atoms with Crippen LogP contribution in [0.25, 0.3) is 0 Å². The van der Waals surface area contributed by atoms with Crippen molar-refractivity contribution in [3.8, 4) is 5.75 Å². The monoisotopic (exact) mass is 254 g/mol. The molecule has 0 saturated heterocycles. The van der Waals surface area contributed by atoms with Gasteiger partial charge in [-0.15, -0.1) is 0 Å². The van der Waals surface area contributed by atoms with Gasteiger partial charge in [0.15, 0.2) is 6.61 Å². The van der Waals surface area contributed by atoms with Gasteiger partial charge in [-0.2, -0.15) is 0 Å². The van der Waals surface area contributed by atoms with Gasteiger partial charge in [0.05, 0.1) is 5.69 Å². The van der Waals surface area contributed by atoms with Gasteiger partial charge in [-0.3, -0.25) is 9.59 Å². The maximum atomic E-state index is 11.4. The molecule has 1 aromatic carbocycles. The van der Waals surface area contributed by atoms with Gasteiger partial charge in [0, 0.05) is 13.6 Å². The third kappa shape index (κ3) is 2.50. The van der Waals surface area contributed by atoms with Gasteiger partial charge in [0.1, 0.15) is 5.75 Å². The number of nitrogens with zero attached hydrogens (tertiary/aromatic N) is 1. The molecule has 17 heavy (non-hydrogen) atoms. The number of hydrogen-bond donors (Lipinski definition) is 1. The van der Waals surface area contributed by atoms with Crippen molar-refractivity contribution in [1.82, 2.24) is 5.32 Å². The Kier molecular flexibility index (Phi) is 3.19. The number of hydrogen-bond acceptors (Lipinski definition) is 3. The summed E-state index contributed by atoms with van der Waals surface area (Å²) in [7, 11) is 1.69. The molecule has 6 heteroatoms. The predicted octanol–water partition coefficient (Wildman–Crippen LogP) is 1.49. The predicted molar refractivity (Wildman–Crippen MR) is 63.4 cm³/mol. The molecule has 1 aromatic rings. The van der Waals surface area contributed by atoms with Crippen LogP contribution >= 0.6 is 11.6 Å². The molecule has 2 rings (SSSR count). The van der Waals surface area contributed by atoms with Crippen molar-refractivity contribution < 1.29 is 14.3 Å². The number of ether oxygens (including phenoxy) is 1. The first kappa shape index (κ1) is 11.7. The second-order valence-electron chi connectivity index (χ2n) is 3.67. The van der Waals surface area contributed by atoms with Crippen LogP contribution in [0.3, 0.4) is 0 Å². The SMILES string of the molecule is CN1C(=O)COc2ccc(CNC(=O)Cl)cc21. The average molecular weight is 255 g/mol. The van der Waals surface area contributed by atoms with Crippen LogP contribution in [0.1, 0.15) is 5.56 Å². The number of benzene rings is 1. The Hall–Kier alpha value is -1.75. The molecule has 0 aliphatic carbocycles. The fourth-order valence-corrected chi connectivity index (χ4v) is 1.67. The van der Waals surface area contributed by atoms with Crippen molar-refractivity contribution in [3.63, 3.8) is 0 Å². The number of amides is 2. The molecule has 1 aliphatic rings. The Morgan fingerprint density at radius 3 is 3.06 bits per heavy atom. The third-order valence-electron chi connectivity index (χ3n) is 2.54. The van der Waals surface area contributed by atoms with Crippen LogP contribution in [0, 0.1) is 0 Å². The normalized spacial score (nSPS) is 14.0.